The Balaban J connectivity index is 1.72. The molecule has 0 saturated carbocycles. The first-order valence-electron chi connectivity index (χ1n) is 13.5. The number of nitrogens with one attached hydrogen (secondary N) is 1. The minimum Gasteiger partial charge on any atom is -0.494 e. The number of carbonyl (C=O) groups excluding carboxylic acids is 1. The minimum atomic E-state index is -1.29. The van der Waals surface area contributed by atoms with Crippen molar-refractivity contribution in [2.24, 2.45) is 0 Å². The van der Waals surface area contributed by atoms with Crippen LogP contribution in [0.5, 0.6) is 11.6 Å². The van der Waals surface area contributed by atoms with Crippen molar-refractivity contribution in [3.8, 4) is 22.9 Å². The Morgan fingerprint density at radius 2 is 2.08 bits per heavy atom. The predicted molar refractivity (Wildman–Crippen MR) is 144 cm³/mol. The van der Waals surface area contributed by atoms with Gasteiger partial charge in [-0.25, -0.2) is 19.2 Å². The summed E-state index contributed by atoms with van der Waals surface area (Å²) in [6, 6.07) is 1.31. The lowest BCUT2D eigenvalue weighted by molar-refractivity contribution is 0.166. The first-order valence-corrected chi connectivity index (χ1v) is 13.5. The summed E-state index contributed by atoms with van der Waals surface area (Å²) in [6.45, 7) is 8.05. The van der Waals surface area contributed by atoms with E-state index < -0.39 is 5.67 Å². The van der Waals surface area contributed by atoms with E-state index in [2.05, 4.69) is 15.3 Å². The first-order chi connectivity index (χ1) is 18.2. The second-order valence-electron chi connectivity index (χ2n) is 10.5. The fourth-order valence-corrected chi connectivity index (χ4v) is 4.83. The van der Waals surface area contributed by atoms with E-state index >= 15 is 0 Å². The van der Waals surface area contributed by atoms with Crippen LogP contribution in [0.3, 0.4) is 0 Å². The van der Waals surface area contributed by atoms with Crippen LogP contribution in [0.4, 0.5) is 9.18 Å². The summed E-state index contributed by atoms with van der Waals surface area (Å²) in [5, 5.41) is 3.18. The molecular weight excluding hydrogens is 487 g/mol. The fraction of sp³-hybridized carbons (Fsp3) is 0.571. The van der Waals surface area contributed by atoms with E-state index in [1.165, 1.54) is 0 Å². The second-order valence-corrected chi connectivity index (χ2v) is 10.5. The van der Waals surface area contributed by atoms with Crippen LogP contribution >= 0.6 is 0 Å². The number of rotatable bonds is 5. The molecule has 4 bridgehead atoms. The standard InChI is InChI=1S/C28H39FN6O3/c1-6-35-19(2)22-16-21(24(37-5)17-31-22)23-18-34-14-13-30-25(34)26(33-23)38-15-9-7-8-10-20(32-27(35)36)11-12-28(3,4)29/h13-14,16-20H,6-12,15H2,1-5H3,(H,32,36)/t19-,20?/m1/s1. The summed E-state index contributed by atoms with van der Waals surface area (Å²) in [5.41, 5.74) is 1.47. The molecule has 1 unspecified atom stereocenters. The lowest BCUT2D eigenvalue weighted by atomic mass is 9.97. The third-order valence-electron chi connectivity index (χ3n) is 7.08. The molecule has 3 aromatic rings. The van der Waals surface area contributed by atoms with Gasteiger partial charge < -0.3 is 24.1 Å². The third kappa shape index (κ3) is 6.52. The van der Waals surface area contributed by atoms with Crippen molar-refractivity contribution in [2.45, 2.75) is 84.0 Å². The van der Waals surface area contributed by atoms with Crippen LogP contribution in [0, 0.1) is 0 Å². The monoisotopic (exact) mass is 526 g/mol. The summed E-state index contributed by atoms with van der Waals surface area (Å²) < 4.78 is 27.9. The van der Waals surface area contributed by atoms with Crippen molar-refractivity contribution >= 4 is 11.7 Å². The number of alkyl halides is 1. The van der Waals surface area contributed by atoms with Gasteiger partial charge in [0, 0.05) is 36.7 Å². The van der Waals surface area contributed by atoms with Gasteiger partial charge in [0.15, 0.2) is 0 Å². The zero-order valence-electron chi connectivity index (χ0n) is 23.0. The maximum absolute atomic E-state index is 14.3. The Hall–Kier alpha value is -3.43. The maximum Gasteiger partial charge on any atom is 0.318 e. The Morgan fingerprint density at radius 1 is 1.26 bits per heavy atom. The van der Waals surface area contributed by atoms with Crippen molar-refractivity contribution in [1.29, 1.82) is 0 Å². The number of carbonyl (C=O) groups is 1. The summed E-state index contributed by atoms with van der Waals surface area (Å²) in [7, 11) is 1.59. The highest BCUT2D eigenvalue weighted by Crippen LogP contribution is 2.33. The zero-order chi connectivity index (χ0) is 27.3. The number of nitrogens with zero attached hydrogens (tertiary/aromatic N) is 5. The average molecular weight is 527 g/mol. The molecule has 0 aromatic carbocycles. The first kappa shape index (κ1) is 27.6. The highest BCUT2D eigenvalue weighted by atomic mass is 19.1. The molecule has 2 amide bonds. The molecule has 4 rings (SSSR count). The number of halogens is 1. The van der Waals surface area contributed by atoms with Gasteiger partial charge in [0.25, 0.3) is 5.88 Å². The van der Waals surface area contributed by atoms with Gasteiger partial charge in [-0.2, -0.15) is 0 Å². The number of pyridine rings is 1. The molecule has 1 aliphatic rings. The third-order valence-corrected chi connectivity index (χ3v) is 7.08. The molecule has 3 aromatic heterocycles. The summed E-state index contributed by atoms with van der Waals surface area (Å²) in [4.78, 5) is 29.0. The molecule has 0 spiro atoms. The molecular formula is C28H39FN6O3. The molecule has 0 aliphatic carbocycles. The molecule has 9 nitrogen and oxygen atoms in total. The fourth-order valence-electron chi connectivity index (χ4n) is 4.83. The molecule has 0 radical (unpaired) electrons. The number of imidazole rings is 1. The minimum absolute atomic E-state index is 0.115. The van der Waals surface area contributed by atoms with Crippen molar-refractivity contribution in [2.75, 3.05) is 20.3 Å². The maximum atomic E-state index is 14.3. The van der Waals surface area contributed by atoms with Crippen LogP contribution in [-0.4, -0.2) is 62.3 Å². The van der Waals surface area contributed by atoms with Crippen LogP contribution < -0.4 is 14.8 Å². The number of hydrogen-bond acceptors (Lipinski definition) is 6. The predicted octanol–water partition coefficient (Wildman–Crippen LogP) is 5.74. The topological polar surface area (TPSA) is 93.9 Å². The van der Waals surface area contributed by atoms with E-state index in [9.17, 15) is 9.18 Å². The quantitative estimate of drug-likeness (QED) is 0.456. The van der Waals surface area contributed by atoms with E-state index in [0.29, 0.717) is 54.7 Å². The number of urea groups is 1. The number of hydrogen-bond donors (Lipinski definition) is 1. The number of fused-ring (bicyclic) bond motifs is 7. The van der Waals surface area contributed by atoms with Gasteiger partial charge in [0.1, 0.15) is 11.4 Å². The smallest absolute Gasteiger partial charge is 0.318 e. The highest BCUT2D eigenvalue weighted by molar-refractivity contribution is 5.75. The van der Waals surface area contributed by atoms with Gasteiger partial charge in [-0.3, -0.25) is 4.98 Å². The normalized spacial score (nSPS) is 19.5. The molecule has 206 valence electrons. The Morgan fingerprint density at radius 3 is 2.82 bits per heavy atom. The molecule has 38 heavy (non-hydrogen) atoms. The lowest BCUT2D eigenvalue weighted by Crippen LogP contribution is -2.46. The van der Waals surface area contributed by atoms with E-state index in [1.807, 2.05) is 36.7 Å². The number of aromatic nitrogens is 4. The summed E-state index contributed by atoms with van der Waals surface area (Å²) in [5.74, 6) is 1.03. The Kier molecular flexibility index (Phi) is 8.69. The van der Waals surface area contributed by atoms with Crippen LogP contribution in [0.15, 0.2) is 30.9 Å². The average Bonchev–Trinajstić information content (AvgIpc) is 3.37. The van der Waals surface area contributed by atoms with Gasteiger partial charge >= 0.3 is 6.03 Å². The van der Waals surface area contributed by atoms with Crippen molar-refractivity contribution in [3.63, 3.8) is 0 Å². The van der Waals surface area contributed by atoms with Gasteiger partial charge in [0.05, 0.1) is 37.3 Å². The van der Waals surface area contributed by atoms with Crippen molar-refractivity contribution in [1.82, 2.24) is 29.6 Å². The number of methoxy groups -OCH3 is 1. The van der Waals surface area contributed by atoms with E-state index in [-0.39, 0.29) is 18.1 Å². The van der Waals surface area contributed by atoms with Crippen molar-refractivity contribution in [3.05, 3.63) is 36.5 Å². The second kappa shape index (κ2) is 12.0. The largest absolute Gasteiger partial charge is 0.494 e. The summed E-state index contributed by atoms with van der Waals surface area (Å²) in [6.07, 6.45) is 11.5. The van der Waals surface area contributed by atoms with E-state index in [4.69, 9.17) is 14.5 Å². The number of ether oxygens (including phenoxy) is 2. The highest BCUT2D eigenvalue weighted by Gasteiger charge is 2.26. The van der Waals surface area contributed by atoms with E-state index in [0.717, 1.165) is 31.2 Å². The van der Waals surface area contributed by atoms with Gasteiger partial charge in [-0.1, -0.05) is 6.42 Å². The zero-order valence-corrected chi connectivity index (χ0v) is 23.0. The molecule has 4 heterocycles. The molecule has 1 N–H and O–H groups in total. The van der Waals surface area contributed by atoms with Crippen molar-refractivity contribution < 1.29 is 18.7 Å². The van der Waals surface area contributed by atoms with Crippen LogP contribution in [0.2, 0.25) is 0 Å². The van der Waals surface area contributed by atoms with Crippen LogP contribution in [0.25, 0.3) is 16.9 Å². The lowest BCUT2D eigenvalue weighted by Gasteiger charge is -2.31. The number of amides is 2. The molecule has 1 aliphatic heterocycles. The molecule has 0 saturated heterocycles. The Labute approximate surface area is 223 Å². The van der Waals surface area contributed by atoms with Crippen LogP contribution in [0.1, 0.15) is 78.0 Å². The van der Waals surface area contributed by atoms with Gasteiger partial charge in [0.2, 0.25) is 5.65 Å². The van der Waals surface area contributed by atoms with Gasteiger partial charge in [-0.05, 0) is 65.9 Å². The Bertz CT molecular complexity index is 1240. The summed E-state index contributed by atoms with van der Waals surface area (Å²) >= 11 is 0. The SMILES string of the molecule is CCN1C(=O)NC(CCC(C)(C)F)CCCCCOc2nc(cn3ccnc23)-c2cc(ncc2OC)[C@H]1C. The van der Waals surface area contributed by atoms with Gasteiger partial charge in [-0.15, -0.1) is 0 Å². The molecule has 0 fully saturated rings. The van der Waals surface area contributed by atoms with E-state index in [1.54, 1.807) is 38.3 Å². The van der Waals surface area contributed by atoms with Crippen LogP contribution in [-0.2, 0) is 0 Å². The molecule has 10 heteroatoms. The molecule has 2 atom stereocenters.